The molecule has 94 valence electrons. The molecule has 0 fully saturated rings. The van der Waals surface area contributed by atoms with Crippen LogP contribution in [0, 0.1) is 0 Å². The fourth-order valence-corrected chi connectivity index (χ4v) is 2.25. The summed E-state index contributed by atoms with van der Waals surface area (Å²) in [6, 6.07) is 3.98. The first-order chi connectivity index (χ1) is 8.63. The zero-order valence-electron chi connectivity index (χ0n) is 10.4. The molecule has 1 nitrogen and oxygen atoms in total. The van der Waals surface area contributed by atoms with Crippen LogP contribution in [0.2, 0.25) is 0 Å². The van der Waals surface area contributed by atoms with Gasteiger partial charge < -0.3 is 0 Å². The largest absolute Gasteiger partial charge is 0.276 e. The maximum atomic E-state index is 11.6. The van der Waals surface area contributed by atoms with E-state index in [1.54, 1.807) is 12.2 Å². The number of allylic oxidation sites excluding steroid dienone is 3. The normalized spacial score (nSPS) is 9.83. The highest BCUT2D eigenvalue weighted by Crippen LogP contribution is 2.22. The molecule has 0 aromatic heterocycles. The van der Waals surface area contributed by atoms with E-state index in [2.05, 4.69) is 19.7 Å². The smallest absolute Gasteiger partial charge is 0.252 e. The van der Waals surface area contributed by atoms with Gasteiger partial charge in [0.2, 0.25) is 0 Å². The van der Waals surface area contributed by atoms with Gasteiger partial charge in [0.25, 0.3) is 5.24 Å². The molecule has 2 heteroatoms. The zero-order valence-corrected chi connectivity index (χ0v) is 11.2. The third kappa shape index (κ3) is 3.44. The molecule has 0 saturated carbocycles. The quantitative estimate of drug-likeness (QED) is 0.529. The van der Waals surface area contributed by atoms with Crippen molar-refractivity contribution in [1.82, 2.24) is 0 Å². The molecule has 18 heavy (non-hydrogen) atoms. The summed E-state index contributed by atoms with van der Waals surface area (Å²) in [5, 5.41) is -0.422. The summed E-state index contributed by atoms with van der Waals surface area (Å²) in [5.74, 6) is 0. The molecule has 1 aromatic carbocycles. The highest BCUT2D eigenvalue weighted by Gasteiger charge is 2.14. The summed E-state index contributed by atoms with van der Waals surface area (Å²) in [4.78, 5) is 11.6. The second-order valence-corrected chi connectivity index (χ2v) is 4.38. The zero-order chi connectivity index (χ0) is 13.5. The molecule has 0 unspecified atom stereocenters. The molecular weight excluding hydrogens is 244 g/mol. The first-order valence-electron chi connectivity index (χ1n) is 5.81. The number of hydrogen-bond acceptors (Lipinski definition) is 1. The Kier molecular flexibility index (Phi) is 5.60. The Morgan fingerprint density at radius 3 is 1.78 bits per heavy atom. The standard InChI is InChI=1S/C16H17ClO/c1-4-7-12-10-13(8-5-2)15(16(17)18)14(11-12)9-6-3/h4-6,10-11H,1-3,7-9H2. The van der Waals surface area contributed by atoms with Gasteiger partial charge in [-0.25, -0.2) is 0 Å². The van der Waals surface area contributed by atoms with Gasteiger partial charge in [-0.1, -0.05) is 30.4 Å². The van der Waals surface area contributed by atoms with E-state index < -0.39 is 5.24 Å². The molecule has 0 aliphatic carbocycles. The van der Waals surface area contributed by atoms with Gasteiger partial charge >= 0.3 is 0 Å². The van der Waals surface area contributed by atoms with Crippen LogP contribution in [0.25, 0.3) is 0 Å². The van der Waals surface area contributed by atoms with E-state index in [4.69, 9.17) is 11.6 Å². The van der Waals surface area contributed by atoms with Gasteiger partial charge in [0.1, 0.15) is 0 Å². The van der Waals surface area contributed by atoms with Crippen LogP contribution >= 0.6 is 11.6 Å². The third-order valence-corrected chi connectivity index (χ3v) is 2.86. The second kappa shape index (κ2) is 6.97. The predicted octanol–water partition coefficient (Wildman–Crippen LogP) is 4.25. The Morgan fingerprint density at radius 2 is 1.44 bits per heavy atom. The molecule has 0 aliphatic heterocycles. The summed E-state index contributed by atoms with van der Waals surface area (Å²) in [5.41, 5.74) is 3.55. The molecule has 0 bridgehead atoms. The molecule has 0 heterocycles. The van der Waals surface area contributed by atoms with Crippen molar-refractivity contribution in [3.63, 3.8) is 0 Å². The van der Waals surface area contributed by atoms with Crippen molar-refractivity contribution < 1.29 is 4.79 Å². The lowest BCUT2D eigenvalue weighted by Crippen LogP contribution is -2.04. The SMILES string of the molecule is C=CCc1cc(CC=C)c(C(=O)Cl)c(CC=C)c1. The summed E-state index contributed by atoms with van der Waals surface area (Å²) in [7, 11) is 0. The van der Waals surface area contributed by atoms with E-state index in [9.17, 15) is 4.79 Å². The minimum absolute atomic E-state index is 0.422. The molecule has 1 aromatic rings. The number of hydrogen-bond donors (Lipinski definition) is 0. The fourth-order valence-electron chi connectivity index (χ4n) is 2.01. The average molecular weight is 261 g/mol. The average Bonchev–Trinajstić information content (AvgIpc) is 2.29. The van der Waals surface area contributed by atoms with Crippen molar-refractivity contribution >= 4 is 16.8 Å². The number of rotatable bonds is 7. The molecule has 0 aliphatic rings. The molecule has 0 radical (unpaired) electrons. The Bertz CT molecular complexity index is 455. The Hall–Kier alpha value is -1.60. The van der Waals surface area contributed by atoms with Crippen LogP contribution < -0.4 is 0 Å². The van der Waals surface area contributed by atoms with Crippen LogP contribution in [0.15, 0.2) is 50.1 Å². The van der Waals surface area contributed by atoms with Crippen LogP contribution in [0.5, 0.6) is 0 Å². The van der Waals surface area contributed by atoms with Crippen molar-refractivity contribution in [2.75, 3.05) is 0 Å². The van der Waals surface area contributed by atoms with Gasteiger partial charge in [-0.15, -0.1) is 19.7 Å². The highest BCUT2D eigenvalue weighted by molar-refractivity contribution is 6.68. The van der Waals surface area contributed by atoms with Crippen molar-refractivity contribution in [2.45, 2.75) is 19.3 Å². The van der Waals surface area contributed by atoms with E-state index in [0.29, 0.717) is 18.4 Å². The van der Waals surface area contributed by atoms with Gasteiger partial charge in [-0.3, -0.25) is 4.79 Å². The molecule has 1 rings (SSSR count). The lowest BCUT2D eigenvalue weighted by atomic mass is 9.93. The van der Waals surface area contributed by atoms with Crippen LogP contribution in [0.4, 0.5) is 0 Å². The maximum Gasteiger partial charge on any atom is 0.252 e. The number of benzene rings is 1. The van der Waals surface area contributed by atoms with Crippen molar-refractivity contribution in [3.05, 3.63) is 72.4 Å². The molecule has 0 N–H and O–H groups in total. The minimum atomic E-state index is -0.422. The van der Waals surface area contributed by atoms with Crippen molar-refractivity contribution in [2.24, 2.45) is 0 Å². The van der Waals surface area contributed by atoms with Gasteiger partial charge in [-0.2, -0.15) is 0 Å². The summed E-state index contributed by atoms with van der Waals surface area (Å²) >= 11 is 5.69. The Morgan fingerprint density at radius 1 is 1.00 bits per heavy atom. The van der Waals surface area contributed by atoms with Crippen LogP contribution in [-0.2, 0) is 19.3 Å². The lowest BCUT2D eigenvalue weighted by Gasteiger charge is -2.12. The molecule has 0 saturated heterocycles. The van der Waals surface area contributed by atoms with Crippen molar-refractivity contribution in [1.29, 1.82) is 0 Å². The van der Waals surface area contributed by atoms with Gasteiger partial charge in [0.15, 0.2) is 0 Å². The van der Waals surface area contributed by atoms with Gasteiger partial charge in [-0.05, 0) is 47.6 Å². The van der Waals surface area contributed by atoms with E-state index >= 15 is 0 Å². The summed E-state index contributed by atoms with van der Waals surface area (Å²) < 4.78 is 0. The highest BCUT2D eigenvalue weighted by atomic mass is 35.5. The summed E-state index contributed by atoms with van der Waals surface area (Å²) in [6.07, 6.45) is 7.41. The topological polar surface area (TPSA) is 17.1 Å². The molecule has 0 spiro atoms. The fraction of sp³-hybridized carbons (Fsp3) is 0.188. The molecule has 0 amide bonds. The van der Waals surface area contributed by atoms with Crippen LogP contribution in [0.3, 0.4) is 0 Å². The monoisotopic (exact) mass is 260 g/mol. The minimum Gasteiger partial charge on any atom is -0.276 e. The second-order valence-electron chi connectivity index (χ2n) is 4.04. The number of halogens is 1. The number of carbonyl (C=O) groups excluding carboxylic acids is 1. The molecule has 0 atom stereocenters. The Labute approximate surface area is 113 Å². The van der Waals surface area contributed by atoms with Crippen LogP contribution in [-0.4, -0.2) is 5.24 Å². The molecular formula is C16H17ClO. The third-order valence-electron chi connectivity index (χ3n) is 2.67. The lowest BCUT2D eigenvalue weighted by molar-refractivity contribution is 0.108. The Balaban J connectivity index is 3.42. The van der Waals surface area contributed by atoms with E-state index in [0.717, 1.165) is 23.1 Å². The van der Waals surface area contributed by atoms with E-state index in [-0.39, 0.29) is 0 Å². The van der Waals surface area contributed by atoms with Crippen molar-refractivity contribution in [3.8, 4) is 0 Å². The van der Waals surface area contributed by atoms with Crippen LogP contribution in [0.1, 0.15) is 27.0 Å². The predicted molar refractivity (Wildman–Crippen MR) is 78.3 cm³/mol. The maximum absolute atomic E-state index is 11.6. The van der Waals surface area contributed by atoms with E-state index in [1.807, 2.05) is 18.2 Å². The number of carbonyl (C=O) groups is 1. The first-order valence-corrected chi connectivity index (χ1v) is 6.19. The van der Waals surface area contributed by atoms with E-state index in [1.165, 1.54) is 0 Å². The van der Waals surface area contributed by atoms with Gasteiger partial charge in [0, 0.05) is 5.56 Å². The summed E-state index contributed by atoms with van der Waals surface area (Å²) in [6.45, 7) is 11.2. The first kappa shape index (κ1) is 14.5. The van der Waals surface area contributed by atoms with Gasteiger partial charge in [0.05, 0.1) is 0 Å².